The Hall–Kier alpha value is -3.17. The SMILES string of the molecule is Cn1cc(C(=O)NNC(=O)CCNS(=O)(=O)c2ccc3c(c2)CCCC3)c2ccccc21. The van der Waals surface area contributed by atoms with Crippen LogP contribution in [0.25, 0.3) is 10.9 Å². The molecular formula is C23H26N4O4S. The van der Waals surface area contributed by atoms with Crippen molar-refractivity contribution in [3.05, 3.63) is 65.4 Å². The van der Waals surface area contributed by atoms with Gasteiger partial charge in [0.15, 0.2) is 0 Å². The van der Waals surface area contributed by atoms with Crippen molar-refractivity contribution < 1.29 is 18.0 Å². The fourth-order valence-electron chi connectivity index (χ4n) is 4.04. The topological polar surface area (TPSA) is 109 Å². The van der Waals surface area contributed by atoms with E-state index < -0.39 is 21.8 Å². The third kappa shape index (κ3) is 4.68. The quantitative estimate of drug-likeness (QED) is 0.496. The maximum atomic E-state index is 12.6. The van der Waals surface area contributed by atoms with Crippen LogP contribution >= 0.6 is 0 Å². The fraction of sp³-hybridized carbons (Fsp3) is 0.304. The molecule has 4 rings (SSSR count). The average molecular weight is 455 g/mol. The number of sulfonamides is 1. The van der Waals surface area contributed by atoms with Crippen molar-refractivity contribution in [3.8, 4) is 0 Å². The van der Waals surface area contributed by atoms with Crippen LogP contribution in [-0.2, 0) is 34.7 Å². The maximum absolute atomic E-state index is 12.6. The zero-order chi connectivity index (χ0) is 22.7. The lowest BCUT2D eigenvalue weighted by Gasteiger charge is -2.16. The minimum Gasteiger partial charge on any atom is -0.350 e. The van der Waals surface area contributed by atoms with E-state index in [1.165, 1.54) is 5.56 Å². The van der Waals surface area contributed by atoms with E-state index in [1.807, 2.05) is 41.9 Å². The number of aromatic nitrogens is 1. The first-order valence-electron chi connectivity index (χ1n) is 10.6. The summed E-state index contributed by atoms with van der Waals surface area (Å²) in [6.45, 7) is -0.0740. The lowest BCUT2D eigenvalue weighted by Crippen LogP contribution is -2.42. The Morgan fingerprint density at radius 1 is 1.00 bits per heavy atom. The first kappa shape index (κ1) is 22.0. The Labute approximate surface area is 187 Å². The maximum Gasteiger partial charge on any atom is 0.271 e. The van der Waals surface area contributed by atoms with Crippen LogP contribution in [0.15, 0.2) is 53.6 Å². The second-order valence-corrected chi connectivity index (χ2v) is 9.73. The number of para-hydroxylation sites is 1. The number of benzene rings is 2. The van der Waals surface area contributed by atoms with Crippen LogP contribution in [0.5, 0.6) is 0 Å². The molecule has 0 saturated carbocycles. The number of hydrogen-bond acceptors (Lipinski definition) is 4. The second kappa shape index (κ2) is 9.13. The number of nitrogens with zero attached hydrogens (tertiary/aromatic N) is 1. The molecule has 0 saturated heterocycles. The summed E-state index contributed by atoms with van der Waals surface area (Å²) in [7, 11) is -1.87. The van der Waals surface area contributed by atoms with Gasteiger partial charge in [-0.25, -0.2) is 13.1 Å². The van der Waals surface area contributed by atoms with E-state index >= 15 is 0 Å². The average Bonchev–Trinajstić information content (AvgIpc) is 3.14. The molecule has 168 valence electrons. The smallest absolute Gasteiger partial charge is 0.271 e. The molecule has 0 spiro atoms. The zero-order valence-corrected chi connectivity index (χ0v) is 18.7. The molecule has 3 aromatic rings. The van der Waals surface area contributed by atoms with Gasteiger partial charge in [-0.1, -0.05) is 24.3 Å². The number of hydrazine groups is 1. The standard InChI is InChI=1S/C23H26N4O4S/c1-27-15-20(19-8-4-5-9-21(19)27)23(29)26-25-22(28)12-13-24-32(30,31)18-11-10-16-6-2-3-7-17(16)14-18/h4-5,8-11,14-15,24H,2-3,6-7,12-13H2,1H3,(H,25,28)(H,26,29). The third-order valence-corrected chi connectivity index (χ3v) is 7.19. The van der Waals surface area contributed by atoms with E-state index in [0.29, 0.717) is 5.56 Å². The van der Waals surface area contributed by atoms with Gasteiger partial charge in [0.05, 0.1) is 10.5 Å². The Kier molecular flexibility index (Phi) is 6.29. The normalized spacial score (nSPS) is 13.5. The van der Waals surface area contributed by atoms with Crippen LogP contribution in [0.3, 0.4) is 0 Å². The summed E-state index contributed by atoms with van der Waals surface area (Å²) in [4.78, 5) is 24.8. The number of aryl methyl sites for hydroxylation is 3. The van der Waals surface area contributed by atoms with Gasteiger partial charge in [0.1, 0.15) is 0 Å². The van der Waals surface area contributed by atoms with Gasteiger partial charge in [0.25, 0.3) is 5.91 Å². The summed E-state index contributed by atoms with van der Waals surface area (Å²) in [6.07, 6.45) is 5.64. The molecule has 1 heterocycles. The fourth-order valence-corrected chi connectivity index (χ4v) is 5.12. The molecule has 1 aromatic heterocycles. The highest BCUT2D eigenvalue weighted by atomic mass is 32.2. The largest absolute Gasteiger partial charge is 0.350 e. The van der Waals surface area contributed by atoms with Gasteiger partial charge in [0, 0.05) is 37.1 Å². The van der Waals surface area contributed by atoms with E-state index in [2.05, 4.69) is 15.6 Å². The lowest BCUT2D eigenvalue weighted by atomic mass is 9.92. The van der Waals surface area contributed by atoms with Gasteiger partial charge >= 0.3 is 0 Å². The Bertz CT molecular complexity index is 1280. The van der Waals surface area contributed by atoms with E-state index in [-0.39, 0.29) is 17.9 Å². The summed E-state index contributed by atoms with van der Waals surface area (Å²) in [5.74, 6) is -0.934. The van der Waals surface area contributed by atoms with Gasteiger partial charge in [0.2, 0.25) is 15.9 Å². The molecule has 1 aliphatic rings. The predicted octanol–water partition coefficient (Wildman–Crippen LogP) is 2.19. The van der Waals surface area contributed by atoms with Gasteiger partial charge in [-0.2, -0.15) is 0 Å². The lowest BCUT2D eigenvalue weighted by molar-refractivity contribution is -0.121. The summed E-state index contributed by atoms with van der Waals surface area (Å²) in [5.41, 5.74) is 8.35. The van der Waals surface area contributed by atoms with Crippen molar-refractivity contribution in [3.63, 3.8) is 0 Å². The van der Waals surface area contributed by atoms with Crippen LogP contribution in [0, 0.1) is 0 Å². The highest BCUT2D eigenvalue weighted by molar-refractivity contribution is 7.89. The molecule has 3 N–H and O–H groups in total. The molecule has 9 heteroatoms. The molecule has 0 bridgehead atoms. The minimum atomic E-state index is -3.71. The summed E-state index contributed by atoms with van der Waals surface area (Å²) in [6, 6.07) is 12.7. The van der Waals surface area contributed by atoms with E-state index in [0.717, 1.165) is 42.1 Å². The van der Waals surface area contributed by atoms with Crippen LogP contribution < -0.4 is 15.6 Å². The van der Waals surface area contributed by atoms with Crippen molar-refractivity contribution in [2.45, 2.75) is 37.0 Å². The Morgan fingerprint density at radius 2 is 1.75 bits per heavy atom. The third-order valence-electron chi connectivity index (χ3n) is 5.73. The first-order valence-corrected chi connectivity index (χ1v) is 12.1. The van der Waals surface area contributed by atoms with Crippen molar-refractivity contribution in [2.24, 2.45) is 7.05 Å². The molecular weight excluding hydrogens is 428 g/mol. The number of nitrogens with one attached hydrogen (secondary N) is 3. The van der Waals surface area contributed by atoms with Gasteiger partial charge in [-0.05, 0) is 55.0 Å². The van der Waals surface area contributed by atoms with Gasteiger partial charge < -0.3 is 4.57 Å². The summed E-state index contributed by atoms with van der Waals surface area (Å²) in [5, 5.41) is 0.777. The molecule has 2 aromatic carbocycles. The Morgan fingerprint density at radius 3 is 2.56 bits per heavy atom. The van der Waals surface area contributed by atoms with Crippen molar-refractivity contribution >= 4 is 32.7 Å². The van der Waals surface area contributed by atoms with E-state index in [9.17, 15) is 18.0 Å². The van der Waals surface area contributed by atoms with Crippen LogP contribution in [0.1, 0.15) is 40.7 Å². The number of hydrogen-bond donors (Lipinski definition) is 3. The van der Waals surface area contributed by atoms with Crippen molar-refractivity contribution in [1.29, 1.82) is 0 Å². The number of rotatable bonds is 6. The minimum absolute atomic E-state index is 0.0740. The molecule has 0 fully saturated rings. The van der Waals surface area contributed by atoms with Gasteiger partial charge in [-0.3, -0.25) is 20.4 Å². The molecule has 0 aliphatic heterocycles. The van der Waals surface area contributed by atoms with Crippen molar-refractivity contribution in [1.82, 2.24) is 20.1 Å². The number of carbonyl (C=O) groups excluding carboxylic acids is 2. The van der Waals surface area contributed by atoms with Crippen LogP contribution in [0.2, 0.25) is 0 Å². The Balaban J connectivity index is 1.29. The van der Waals surface area contributed by atoms with Crippen LogP contribution in [-0.4, -0.2) is 31.3 Å². The molecule has 0 radical (unpaired) electrons. The van der Waals surface area contributed by atoms with Crippen molar-refractivity contribution in [2.75, 3.05) is 6.54 Å². The molecule has 1 aliphatic carbocycles. The zero-order valence-electron chi connectivity index (χ0n) is 17.8. The monoisotopic (exact) mass is 454 g/mol. The molecule has 0 atom stereocenters. The van der Waals surface area contributed by atoms with Crippen LogP contribution in [0.4, 0.5) is 0 Å². The van der Waals surface area contributed by atoms with Gasteiger partial charge in [-0.15, -0.1) is 0 Å². The second-order valence-electron chi connectivity index (χ2n) is 7.96. The summed E-state index contributed by atoms with van der Waals surface area (Å²) < 4.78 is 29.4. The predicted molar refractivity (Wildman–Crippen MR) is 121 cm³/mol. The molecule has 8 nitrogen and oxygen atoms in total. The number of carbonyl (C=O) groups is 2. The number of fused-ring (bicyclic) bond motifs is 2. The molecule has 32 heavy (non-hydrogen) atoms. The highest BCUT2D eigenvalue weighted by Crippen LogP contribution is 2.24. The summed E-state index contributed by atoms with van der Waals surface area (Å²) >= 11 is 0. The molecule has 0 unspecified atom stereocenters. The molecule has 2 amide bonds. The van der Waals surface area contributed by atoms with E-state index in [4.69, 9.17) is 0 Å². The number of amides is 2. The van der Waals surface area contributed by atoms with E-state index in [1.54, 1.807) is 18.3 Å². The first-order chi connectivity index (χ1) is 15.3. The highest BCUT2D eigenvalue weighted by Gasteiger charge is 2.18.